The van der Waals surface area contributed by atoms with E-state index in [0.29, 0.717) is 18.0 Å². The maximum absolute atomic E-state index is 12.8. The summed E-state index contributed by atoms with van der Waals surface area (Å²) in [6.07, 6.45) is 0.461. The molecule has 0 saturated carbocycles. The van der Waals surface area contributed by atoms with E-state index < -0.39 is 18.0 Å². The lowest BCUT2D eigenvalue weighted by molar-refractivity contribution is -0.159. The van der Waals surface area contributed by atoms with Gasteiger partial charge in [0.05, 0.1) is 5.92 Å². The zero-order valence-electron chi connectivity index (χ0n) is 15.0. The number of carbonyl (C=O) groups is 2. The Bertz CT molecular complexity index is 898. The molecule has 0 radical (unpaired) electrons. The number of esters is 1. The average molecular weight is 386 g/mol. The van der Waals surface area contributed by atoms with E-state index in [4.69, 9.17) is 21.1 Å². The van der Waals surface area contributed by atoms with Crippen molar-refractivity contribution in [1.82, 2.24) is 0 Å². The molecule has 2 aliphatic heterocycles. The maximum atomic E-state index is 12.8. The molecule has 0 N–H and O–H groups in total. The van der Waals surface area contributed by atoms with E-state index in [1.165, 1.54) is 0 Å². The van der Waals surface area contributed by atoms with E-state index in [0.717, 1.165) is 29.0 Å². The van der Waals surface area contributed by atoms with Gasteiger partial charge >= 0.3 is 5.97 Å². The van der Waals surface area contributed by atoms with Gasteiger partial charge in [-0.2, -0.15) is 0 Å². The Hall–Kier alpha value is -2.53. The predicted octanol–water partition coefficient (Wildman–Crippen LogP) is 3.41. The van der Waals surface area contributed by atoms with Crippen LogP contribution in [0.5, 0.6) is 5.75 Å². The normalized spacial score (nSPS) is 18.9. The molecule has 0 unspecified atom stereocenters. The van der Waals surface area contributed by atoms with Crippen molar-refractivity contribution in [2.45, 2.75) is 25.9 Å². The maximum Gasteiger partial charge on any atom is 0.313 e. The van der Waals surface area contributed by atoms with Crippen molar-refractivity contribution in [2.75, 3.05) is 18.1 Å². The fourth-order valence-corrected chi connectivity index (χ4v) is 3.82. The molecular formula is C21H20ClNO4. The van der Waals surface area contributed by atoms with Gasteiger partial charge in [-0.25, -0.2) is 0 Å². The van der Waals surface area contributed by atoms with Crippen LogP contribution in [0.1, 0.15) is 18.1 Å². The molecule has 5 nitrogen and oxygen atoms in total. The number of amides is 1. The zero-order valence-corrected chi connectivity index (χ0v) is 15.7. The highest BCUT2D eigenvalue weighted by Gasteiger charge is 2.33. The van der Waals surface area contributed by atoms with Crippen LogP contribution in [-0.2, 0) is 27.2 Å². The Balaban J connectivity index is 1.40. The van der Waals surface area contributed by atoms with Crippen molar-refractivity contribution in [3.05, 3.63) is 58.6 Å². The van der Waals surface area contributed by atoms with Crippen LogP contribution in [0.2, 0.25) is 5.02 Å². The second-order valence-corrected chi connectivity index (χ2v) is 7.35. The molecule has 2 atom stereocenters. The third kappa shape index (κ3) is 3.52. The van der Waals surface area contributed by atoms with Crippen molar-refractivity contribution >= 4 is 29.2 Å². The van der Waals surface area contributed by atoms with Gasteiger partial charge < -0.3 is 14.4 Å². The summed E-state index contributed by atoms with van der Waals surface area (Å²) in [4.78, 5) is 27.0. The van der Waals surface area contributed by atoms with Gasteiger partial charge in [-0.05, 0) is 55.2 Å². The van der Waals surface area contributed by atoms with Gasteiger partial charge in [-0.1, -0.05) is 29.8 Å². The lowest BCUT2D eigenvalue weighted by atomic mass is 9.97. The molecule has 0 aromatic heterocycles. The van der Waals surface area contributed by atoms with Gasteiger partial charge in [0, 0.05) is 17.3 Å². The fraction of sp³-hybridized carbons (Fsp3) is 0.333. The molecule has 2 heterocycles. The lowest BCUT2D eigenvalue weighted by Gasteiger charge is -2.26. The minimum absolute atomic E-state index is 0.200. The first kappa shape index (κ1) is 17.9. The van der Waals surface area contributed by atoms with Crippen molar-refractivity contribution in [3.8, 4) is 5.75 Å². The molecule has 0 saturated heterocycles. The highest BCUT2D eigenvalue weighted by Crippen LogP contribution is 2.31. The van der Waals surface area contributed by atoms with Crippen LogP contribution in [0.3, 0.4) is 0 Å². The topological polar surface area (TPSA) is 55.8 Å². The van der Waals surface area contributed by atoms with Gasteiger partial charge in [0.1, 0.15) is 12.4 Å². The minimum Gasteiger partial charge on any atom is -0.492 e. The zero-order chi connectivity index (χ0) is 19.0. The second-order valence-electron chi connectivity index (χ2n) is 6.91. The first-order valence-corrected chi connectivity index (χ1v) is 9.41. The quantitative estimate of drug-likeness (QED) is 0.760. The molecule has 0 spiro atoms. The summed E-state index contributed by atoms with van der Waals surface area (Å²) in [5.74, 6) is -0.333. The number of ether oxygens (including phenoxy) is 2. The number of nitrogens with zero attached hydrogens (tertiary/aromatic N) is 1. The van der Waals surface area contributed by atoms with E-state index in [9.17, 15) is 9.59 Å². The van der Waals surface area contributed by atoms with Crippen LogP contribution in [0.15, 0.2) is 42.5 Å². The van der Waals surface area contributed by atoms with Gasteiger partial charge in [-0.3, -0.25) is 9.59 Å². The predicted molar refractivity (Wildman–Crippen MR) is 102 cm³/mol. The number of hydrogen-bond donors (Lipinski definition) is 0. The molecule has 0 aliphatic carbocycles. The average Bonchev–Trinajstić information content (AvgIpc) is 3.10. The van der Waals surface area contributed by atoms with Gasteiger partial charge in [-0.15, -0.1) is 0 Å². The summed E-state index contributed by atoms with van der Waals surface area (Å²) in [5, 5.41) is 0.600. The van der Waals surface area contributed by atoms with E-state index in [2.05, 4.69) is 0 Å². The summed E-state index contributed by atoms with van der Waals surface area (Å²) in [7, 11) is 0. The first-order valence-electron chi connectivity index (χ1n) is 9.04. The number of hydrogen-bond acceptors (Lipinski definition) is 4. The Labute approximate surface area is 162 Å². The summed E-state index contributed by atoms with van der Waals surface area (Å²) in [5.41, 5.74) is 2.91. The smallest absolute Gasteiger partial charge is 0.313 e. The summed E-state index contributed by atoms with van der Waals surface area (Å²) in [6, 6.07) is 13.2. The Kier molecular flexibility index (Phi) is 4.79. The largest absolute Gasteiger partial charge is 0.492 e. The molecule has 27 heavy (non-hydrogen) atoms. The molecule has 0 fully saturated rings. The molecule has 140 valence electrons. The third-order valence-electron chi connectivity index (χ3n) is 5.06. The Morgan fingerprint density at radius 3 is 2.89 bits per heavy atom. The monoisotopic (exact) mass is 385 g/mol. The summed E-state index contributed by atoms with van der Waals surface area (Å²) >= 11 is 6.02. The standard InChI is InChI=1S/C21H20ClNO4/c1-13(20(24)23-9-8-14-4-2-3-5-18(14)23)27-21(25)16-10-15-11-17(22)6-7-19(15)26-12-16/h2-7,11,13,16H,8-10,12H2,1H3/t13-,16-/m1/s1. The fourth-order valence-electron chi connectivity index (χ4n) is 3.62. The van der Waals surface area contributed by atoms with Crippen molar-refractivity contribution in [3.63, 3.8) is 0 Å². The van der Waals surface area contributed by atoms with Crippen LogP contribution in [-0.4, -0.2) is 31.1 Å². The molecule has 0 bridgehead atoms. The Morgan fingerprint density at radius 1 is 1.22 bits per heavy atom. The van der Waals surface area contributed by atoms with Gasteiger partial charge in [0.15, 0.2) is 6.10 Å². The van der Waals surface area contributed by atoms with Crippen molar-refractivity contribution in [2.24, 2.45) is 5.92 Å². The van der Waals surface area contributed by atoms with Crippen LogP contribution >= 0.6 is 11.6 Å². The number of anilines is 1. The van der Waals surface area contributed by atoms with E-state index >= 15 is 0 Å². The number of para-hydroxylation sites is 1. The van der Waals surface area contributed by atoms with E-state index in [1.807, 2.05) is 24.3 Å². The molecule has 1 amide bonds. The molecular weight excluding hydrogens is 366 g/mol. The third-order valence-corrected chi connectivity index (χ3v) is 5.29. The Morgan fingerprint density at radius 2 is 2.04 bits per heavy atom. The summed E-state index contributed by atoms with van der Waals surface area (Å²) < 4.78 is 11.1. The lowest BCUT2D eigenvalue weighted by Crippen LogP contribution is -2.41. The van der Waals surface area contributed by atoms with Gasteiger partial charge in [0.25, 0.3) is 5.91 Å². The number of benzene rings is 2. The van der Waals surface area contributed by atoms with Crippen LogP contribution in [0.4, 0.5) is 5.69 Å². The molecule has 6 heteroatoms. The summed E-state index contributed by atoms with van der Waals surface area (Å²) in [6.45, 7) is 2.47. The molecule has 2 aromatic rings. The van der Waals surface area contributed by atoms with E-state index in [1.54, 1.807) is 30.0 Å². The minimum atomic E-state index is -0.843. The number of carbonyl (C=O) groups excluding carboxylic acids is 2. The number of fused-ring (bicyclic) bond motifs is 2. The van der Waals surface area contributed by atoms with Crippen molar-refractivity contribution in [1.29, 1.82) is 0 Å². The van der Waals surface area contributed by atoms with Crippen LogP contribution < -0.4 is 9.64 Å². The highest BCUT2D eigenvalue weighted by atomic mass is 35.5. The SMILES string of the molecule is C[C@@H](OC(=O)[C@H]1COc2ccc(Cl)cc2C1)C(=O)N1CCc2ccccc21. The highest BCUT2D eigenvalue weighted by molar-refractivity contribution is 6.30. The number of halogens is 1. The first-order chi connectivity index (χ1) is 13.0. The molecule has 4 rings (SSSR count). The van der Waals surface area contributed by atoms with E-state index in [-0.39, 0.29) is 12.5 Å². The molecule has 2 aromatic carbocycles. The van der Waals surface area contributed by atoms with Crippen LogP contribution in [0.25, 0.3) is 0 Å². The second kappa shape index (κ2) is 7.24. The van der Waals surface area contributed by atoms with Crippen molar-refractivity contribution < 1.29 is 19.1 Å². The molecule has 2 aliphatic rings. The number of rotatable bonds is 3. The van der Waals surface area contributed by atoms with Gasteiger partial charge in [0.2, 0.25) is 0 Å². The van der Waals surface area contributed by atoms with Crippen LogP contribution in [0, 0.1) is 5.92 Å².